The van der Waals surface area contributed by atoms with E-state index < -0.39 is 17.1 Å². The largest absolute Gasteiger partial charge is 0.393 e. The maximum atomic E-state index is 13.2. The number of carbonyl (C=O) groups is 1. The van der Waals surface area contributed by atoms with Crippen molar-refractivity contribution in [2.75, 3.05) is 0 Å². The van der Waals surface area contributed by atoms with E-state index in [9.17, 15) is 15.0 Å². The lowest BCUT2D eigenvalue weighted by atomic mass is 9.49. The molecule has 0 aromatic rings. The van der Waals surface area contributed by atoms with Crippen molar-refractivity contribution in [2.45, 2.75) is 104 Å². The van der Waals surface area contributed by atoms with Gasteiger partial charge in [0.05, 0.1) is 6.10 Å². The van der Waals surface area contributed by atoms with Crippen molar-refractivity contribution in [1.82, 2.24) is 0 Å². The van der Waals surface area contributed by atoms with Gasteiger partial charge in [0, 0.05) is 11.8 Å². The number of carbonyl (C=O) groups excluding carboxylic acids is 1. The van der Waals surface area contributed by atoms with Crippen LogP contribution in [0.1, 0.15) is 92.4 Å². The van der Waals surface area contributed by atoms with Crippen LogP contribution >= 0.6 is 0 Å². The van der Waals surface area contributed by atoms with Crippen LogP contribution in [0.2, 0.25) is 0 Å². The first-order valence-electron chi connectivity index (χ1n) is 12.4. The predicted molar refractivity (Wildman–Crippen MR) is 121 cm³/mol. The lowest BCUT2D eigenvalue weighted by Gasteiger charge is -2.56. The highest BCUT2D eigenvalue weighted by molar-refractivity contribution is 6.01. The molecule has 0 aliphatic heterocycles. The second-order valence-electron chi connectivity index (χ2n) is 11.9. The van der Waals surface area contributed by atoms with Crippen LogP contribution < -0.4 is 0 Å². The third kappa shape index (κ3) is 3.18. The molecule has 4 aliphatic carbocycles. The van der Waals surface area contributed by atoms with Crippen LogP contribution in [0.5, 0.6) is 0 Å². The highest BCUT2D eigenvalue weighted by atomic mass is 16.3. The number of allylic oxidation sites excluding steroid dienone is 2. The smallest absolute Gasteiger partial charge is 0.188 e. The average molecular weight is 415 g/mol. The Kier molecular flexibility index (Phi) is 5.63. The molecule has 3 nitrogen and oxygen atoms in total. The van der Waals surface area contributed by atoms with Gasteiger partial charge in [-0.25, -0.2) is 0 Å². The van der Waals surface area contributed by atoms with Crippen molar-refractivity contribution in [3.63, 3.8) is 0 Å². The van der Waals surface area contributed by atoms with Gasteiger partial charge in [-0.15, -0.1) is 0 Å². The Balaban J connectivity index is 1.62. The van der Waals surface area contributed by atoms with E-state index >= 15 is 0 Å². The molecule has 3 heteroatoms. The molecule has 0 spiro atoms. The fourth-order valence-corrected chi connectivity index (χ4v) is 7.72. The van der Waals surface area contributed by atoms with Gasteiger partial charge in [0.1, 0.15) is 5.60 Å². The van der Waals surface area contributed by atoms with Crippen LogP contribution in [-0.4, -0.2) is 27.7 Å². The first-order valence-corrected chi connectivity index (χ1v) is 12.4. The first kappa shape index (κ1) is 22.3. The Morgan fingerprint density at radius 2 is 1.87 bits per heavy atom. The van der Waals surface area contributed by atoms with Crippen molar-refractivity contribution in [3.8, 4) is 0 Å². The van der Waals surface area contributed by atoms with Crippen LogP contribution in [0.15, 0.2) is 23.3 Å². The van der Waals surface area contributed by atoms with Gasteiger partial charge in [-0.05, 0) is 78.4 Å². The summed E-state index contributed by atoms with van der Waals surface area (Å²) >= 11 is 0. The van der Waals surface area contributed by atoms with E-state index in [1.54, 1.807) is 6.08 Å². The summed E-state index contributed by atoms with van der Waals surface area (Å²) in [5.41, 5.74) is 0.639. The Morgan fingerprint density at radius 1 is 1.13 bits per heavy atom. The lowest BCUT2D eigenvalue weighted by molar-refractivity contribution is -0.160. The second kappa shape index (κ2) is 7.59. The van der Waals surface area contributed by atoms with Crippen molar-refractivity contribution in [2.24, 2.45) is 34.5 Å². The monoisotopic (exact) mass is 414 g/mol. The number of fused-ring (bicyclic) bond motifs is 5. The van der Waals surface area contributed by atoms with Gasteiger partial charge in [-0.1, -0.05) is 60.0 Å². The minimum atomic E-state index is -1.45. The lowest BCUT2D eigenvalue weighted by Crippen LogP contribution is -2.61. The maximum Gasteiger partial charge on any atom is 0.188 e. The molecule has 30 heavy (non-hydrogen) atoms. The predicted octanol–water partition coefficient (Wildman–Crippen LogP) is 5.60. The van der Waals surface area contributed by atoms with Crippen molar-refractivity contribution >= 4 is 5.78 Å². The van der Waals surface area contributed by atoms with Gasteiger partial charge in [-0.2, -0.15) is 0 Å². The van der Waals surface area contributed by atoms with E-state index in [1.807, 2.05) is 0 Å². The van der Waals surface area contributed by atoms with Gasteiger partial charge in [0.25, 0.3) is 0 Å². The minimum absolute atomic E-state index is 0.168. The summed E-state index contributed by atoms with van der Waals surface area (Å²) in [7, 11) is 0. The first-order chi connectivity index (χ1) is 14.0. The van der Waals surface area contributed by atoms with Gasteiger partial charge in [0.2, 0.25) is 0 Å². The number of hydrogen-bond acceptors (Lipinski definition) is 3. The van der Waals surface area contributed by atoms with Crippen molar-refractivity contribution < 1.29 is 15.0 Å². The molecule has 0 aromatic carbocycles. The van der Waals surface area contributed by atoms with E-state index in [4.69, 9.17) is 0 Å². The molecule has 2 saturated carbocycles. The number of rotatable bonds is 5. The topological polar surface area (TPSA) is 57.5 Å². The summed E-state index contributed by atoms with van der Waals surface area (Å²) in [6.07, 6.45) is 12.4. The SMILES string of the molecule is CC(C)CCCC(C)[C@H]1CC[C@H]2C3=CC(=O)[C@@]4(O)C[C@@H](O)CC[C@]4(C)C3=CC[C@]12C. The molecule has 0 saturated heterocycles. The van der Waals surface area contributed by atoms with Gasteiger partial charge in [0.15, 0.2) is 5.78 Å². The Labute approximate surface area is 183 Å². The fourth-order valence-electron chi connectivity index (χ4n) is 7.72. The normalized spacial score (nSPS) is 44.1. The second-order valence-corrected chi connectivity index (χ2v) is 11.9. The molecule has 2 N–H and O–H groups in total. The summed E-state index contributed by atoms with van der Waals surface area (Å²) in [5.74, 6) is 2.44. The zero-order chi connectivity index (χ0) is 21.9. The van der Waals surface area contributed by atoms with Gasteiger partial charge in [-0.3, -0.25) is 4.79 Å². The molecular weight excluding hydrogens is 372 g/mol. The van der Waals surface area contributed by atoms with Crippen molar-refractivity contribution in [1.29, 1.82) is 0 Å². The molecule has 0 aromatic heterocycles. The Bertz CT molecular complexity index is 764. The van der Waals surface area contributed by atoms with Crippen LogP contribution in [0, 0.1) is 34.5 Å². The highest BCUT2D eigenvalue weighted by Crippen LogP contribution is 2.65. The van der Waals surface area contributed by atoms with Crippen LogP contribution in [0.4, 0.5) is 0 Å². The molecule has 7 atom stereocenters. The molecular formula is C27H42O3. The molecule has 0 radical (unpaired) electrons. The summed E-state index contributed by atoms with van der Waals surface area (Å²) < 4.78 is 0. The van der Waals surface area contributed by atoms with Crippen LogP contribution in [0.3, 0.4) is 0 Å². The summed E-state index contributed by atoms with van der Waals surface area (Å²) in [4.78, 5) is 13.2. The fraction of sp³-hybridized carbons (Fsp3) is 0.815. The summed E-state index contributed by atoms with van der Waals surface area (Å²) in [6.45, 7) is 11.6. The molecule has 0 bridgehead atoms. The maximum absolute atomic E-state index is 13.2. The van der Waals surface area contributed by atoms with Crippen molar-refractivity contribution in [3.05, 3.63) is 23.3 Å². The van der Waals surface area contributed by atoms with Gasteiger partial charge >= 0.3 is 0 Å². The third-order valence-corrected chi connectivity index (χ3v) is 9.68. The van der Waals surface area contributed by atoms with Crippen LogP contribution in [-0.2, 0) is 4.79 Å². The zero-order valence-corrected chi connectivity index (χ0v) is 19.7. The van der Waals surface area contributed by atoms with Gasteiger partial charge < -0.3 is 10.2 Å². The molecule has 0 heterocycles. The van der Waals surface area contributed by atoms with E-state index in [-0.39, 0.29) is 17.6 Å². The molecule has 1 unspecified atom stereocenters. The average Bonchev–Trinajstić information content (AvgIpc) is 3.01. The summed E-state index contributed by atoms with van der Waals surface area (Å²) in [6, 6.07) is 0. The molecule has 4 aliphatic rings. The molecule has 4 rings (SSSR count). The Hall–Kier alpha value is -0.930. The number of ketones is 1. The third-order valence-electron chi connectivity index (χ3n) is 9.68. The number of aliphatic hydroxyl groups is 2. The molecule has 2 fully saturated rings. The minimum Gasteiger partial charge on any atom is -0.393 e. The standard InChI is InChI=1S/C27H42O3/c1-17(2)7-6-8-18(3)21-9-10-22-20-15-24(29)27(30)16-19(28)11-14-26(27,5)23(20)12-13-25(21,22)4/h12,15,17-19,21-22,28,30H,6-11,13-14,16H2,1-5H3/t18?,19-,21+,22-,25+,26+,27-/m0/s1. The van der Waals surface area contributed by atoms with E-state index in [2.05, 4.69) is 40.7 Å². The van der Waals surface area contributed by atoms with Crippen LogP contribution in [0.25, 0.3) is 0 Å². The van der Waals surface area contributed by atoms with E-state index in [0.29, 0.717) is 30.6 Å². The number of hydrogen-bond donors (Lipinski definition) is 2. The molecule has 168 valence electrons. The zero-order valence-electron chi connectivity index (χ0n) is 19.7. The van der Waals surface area contributed by atoms with E-state index in [1.165, 1.54) is 36.8 Å². The highest BCUT2D eigenvalue weighted by Gasteiger charge is 2.62. The van der Waals surface area contributed by atoms with E-state index in [0.717, 1.165) is 18.8 Å². The number of aliphatic hydroxyl groups excluding tert-OH is 1. The summed E-state index contributed by atoms with van der Waals surface area (Å²) in [5, 5.41) is 21.6. The quantitative estimate of drug-likeness (QED) is 0.615. The Morgan fingerprint density at radius 3 is 2.57 bits per heavy atom. The molecule has 0 amide bonds.